The fraction of sp³-hybridized carbons (Fsp3) is 0.524. The number of amides is 1. The lowest BCUT2D eigenvalue weighted by Crippen LogP contribution is -2.77. The van der Waals surface area contributed by atoms with E-state index >= 15 is 0 Å². The number of piperidine rings is 2. The number of carbonyl (C=O) groups excluding carboxylic acids is 1. The quantitative estimate of drug-likeness (QED) is 0.801. The maximum absolute atomic E-state index is 13.1. The van der Waals surface area contributed by atoms with Gasteiger partial charge in [-0.1, -0.05) is 61.8 Å². The summed E-state index contributed by atoms with van der Waals surface area (Å²) in [6.07, 6.45) is 4.36. The molecule has 1 aromatic carbocycles. The number of hydrogen-bond donors (Lipinski definition) is 1. The van der Waals surface area contributed by atoms with Crippen molar-refractivity contribution in [2.24, 2.45) is 16.2 Å². The summed E-state index contributed by atoms with van der Waals surface area (Å²) >= 11 is 5.58. The Bertz CT molecular complexity index is 820. The van der Waals surface area contributed by atoms with Crippen LogP contribution in [0.1, 0.15) is 37.7 Å². The topological polar surface area (TPSA) is 79.9 Å². The van der Waals surface area contributed by atoms with E-state index in [1.54, 1.807) is 0 Å². The van der Waals surface area contributed by atoms with Crippen molar-refractivity contribution in [1.29, 1.82) is 10.5 Å². The lowest BCUT2D eigenvalue weighted by Gasteiger charge is -2.63. The number of likely N-dealkylation sites (tertiary alicyclic amines) is 1. The molecule has 1 N–H and O–H groups in total. The van der Waals surface area contributed by atoms with Gasteiger partial charge in [0.2, 0.25) is 5.91 Å². The molecule has 1 aliphatic carbocycles. The summed E-state index contributed by atoms with van der Waals surface area (Å²) in [7, 11) is 0. The van der Waals surface area contributed by atoms with E-state index in [-0.39, 0.29) is 5.91 Å². The average molecular weight is 379 g/mol. The van der Waals surface area contributed by atoms with Crippen LogP contribution in [0.25, 0.3) is 0 Å². The smallest absolute Gasteiger partial charge is 0.247 e. The minimum absolute atomic E-state index is 0.306. The van der Waals surface area contributed by atoms with Crippen molar-refractivity contribution in [3.05, 3.63) is 35.9 Å². The lowest BCUT2D eigenvalue weighted by molar-refractivity contribution is -0.158. The zero-order valence-electron chi connectivity index (χ0n) is 15.2. The second-order valence-corrected chi connectivity index (χ2v) is 8.50. The Morgan fingerprint density at radius 3 is 2.30 bits per heavy atom. The molecule has 1 saturated carbocycles. The molecule has 138 valence electrons. The molecule has 2 aliphatic heterocycles. The number of thiocarbonyl (C=S) groups is 1. The van der Waals surface area contributed by atoms with Gasteiger partial charge in [0.1, 0.15) is 10.4 Å². The monoisotopic (exact) mass is 378 g/mol. The standard InChI is InChI=1S/C21H22N4OS/c22-12-19-14-25(11-16-7-3-1-4-8-16)15-20(13-23,18(27)24-17(19)26)21(19)9-5-2-6-10-21/h1,3-4,7-8H,2,5-6,9-11,14-15H2,(H,24,26,27)/t19-,20-/m1/s1. The number of hydrogen-bond acceptors (Lipinski definition) is 5. The third-order valence-corrected chi connectivity index (χ3v) is 7.35. The van der Waals surface area contributed by atoms with E-state index in [0.29, 0.717) is 37.5 Å². The number of carbonyl (C=O) groups is 1. The van der Waals surface area contributed by atoms with Crippen LogP contribution in [0, 0.1) is 38.9 Å². The van der Waals surface area contributed by atoms with Crippen LogP contribution in [0.15, 0.2) is 30.3 Å². The van der Waals surface area contributed by atoms with Gasteiger partial charge in [0.05, 0.1) is 12.1 Å². The highest BCUT2D eigenvalue weighted by Crippen LogP contribution is 2.65. The highest BCUT2D eigenvalue weighted by Gasteiger charge is 2.74. The third kappa shape index (κ3) is 2.30. The number of rotatable bonds is 2. The molecule has 5 nitrogen and oxygen atoms in total. The molecule has 2 bridgehead atoms. The largest absolute Gasteiger partial charge is 0.318 e. The normalized spacial score (nSPS) is 32.4. The van der Waals surface area contributed by atoms with E-state index in [1.165, 1.54) is 0 Å². The van der Waals surface area contributed by atoms with Crippen LogP contribution in [0.5, 0.6) is 0 Å². The van der Waals surface area contributed by atoms with Gasteiger partial charge in [-0.3, -0.25) is 9.69 Å². The second kappa shape index (κ2) is 6.41. The lowest BCUT2D eigenvalue weighted by atomic mass is 9.42. The minimum Gasteiger partial charge on any atom is -0.318 e. The molecule has 1 amide bonds. The molecule has 4 rings (SSSR count). The fourth-order valence-corrected chi connectivity index (χ4v) is 6.04. The Morgan fingerprint density at radius 1 is 1.04 bits per heavy atom. The van der Waals surface area contributed by atoms with E-state index < -0.39 is 16.2 Å². The van der Waals surface area contributed by atoms with Crippen LogP contribution in [0.4, 0.5) is 0 Å². The van der Waals surface area contributed by atoms with Gasteiger partial charge in [0.25, 0.3) is 0 Å². The fourth-order valence-electron chi connectivity index (χ4n) is 5.64. The summed E-state index contributed by atoms with van der Waals surface area (Å²) in [4.78, 5) is 15.5. The van der Waals surface area contributed by atoms with Gasteiger partial charge in [-0.2, -0.15) is 10.5 Å². The van der Waals surface area contributed by atoms with Gasteiger partial charge in [-0.15, -0.1) is 0 Å². The predicted molar refractivity (Wildman–Crippen MR) is 104 cm³/mol. The van der Waals surface area contributed by atoms with Crippen LogP contribution < -0.4 is 5.32 Å². The Morgan fingerprint density at radius 2 is 1.67 bits per heavy atom. The second-order valence-electron chi connectivity index (χ2n) is 8.09. The summed E-state index contributed by atoms with van der Waals surface area (Å²) in [6.45, 7) is 1.40. The Kier molecular flexibility index (Phi) is 4.29. The molecule has 27 heavy (non-hydrogen) atoms. The van der Waals surface area contributed by atoms with Crippen molar-refractivity contribution in [3.63, 3.8) is 0 Å². The van der Waals surface area contributed by atoms with Crippen LogP contribution in [-0.2, 0) is 11.3 Å². The van der Waals surface area contributed by atoms with E-state index in [0.717, 1.165) is 24.8 Å². The Labute approximate surface area is 165 Å². The van der Waals surface area contributed by atoms with Gasteiger partial charge >= 0.3 is 0 Å². The van der Waals surface area contributed by atoms with Gasteiger partial charge in [0, 0.05) is 25.0 Å². The van der Waals surface area contributed by atoms with Gasteiger partial charge in [0.15, 0.2) is 5.41 Å². The molecule has 0 radical (unpaired) electrons. The van der Waals surface area contributed by atoms with Crippen molar-refractivity contribution >= 4 is 23.1 Å². The third-order valence-electron chi connectivity index (χ3n) is 6.90. The summed E-state index contributed by atoms with van der Waals surface area (Å²) in [5.74, 6) is -0.319. The summed E-state index contributed by atoms with van der Waals surface area (Å²) in [5.41, 5.74) is -1.82. The first-order chi connectivity index (χ1) is 13.0. The molecule has 0 aromatic heterocycles. The predicted octanol–water partition coefficient (Wildman–Crippen LogP) is 2.93. The molecule has 2 heterocycles. The number of nitrogens with one attached hydrogen (secondary N) is 1. The Balaban J connectivity index is 1.84. The van der Waals surface area contributed by atoms with Crippen molar-refractivity contribution in [1.82, 2.24) is 10.2 Å². The number of benzene rings is 1. The number of nitrogens with zero attached hydrogens (tertiary/aromatic N) is 3. The molecule has 1 aromatic rings. The maximum atomic E-state index is 13.1. The zero-order chi connectivity index (χ0) is 19.1. The average Bonchev–Trinajstić information content (AvgIpc) is 2.69. The van der Waals surface area contributed by atoms with E-state index in [1.807, 2.05) is 30.3 Å². The Hall–Kier alpha value is -2.28. The first-order valence-electron chi connectivity index (χ1n) is 9.48. The van der Waals surface area contributed by atoms with Crippen molar-refractivity contribution < 1.29 is 4.79 Å². The molecule has 1 spiro atoms. The molecule has 6 heteroatoms. The van der Waals surface area contributed by atoms with Crippen molar-refractivity contribution in [3.8, 4) is 12.1 Å². The summed E-state index contributed by atoms with van der Waals surface area (Å²) < 4.78 is 0. The molecule has 3 aliphatic rings. The highest BCUT2D eigenvalue weighted by molar-refractivity contribution is 7.80. The summed E-state index contributed by atoms with van der Waals surface area (Å²) in [6, 6.07) is 14.9. The molecular weight excluding hydrogens is 356 g/mol. The van der Waals surface area contributed by atoms with E-state index in [4.69, 9.17) is 12.2 Å². The van der Waals surface area contributed by atoms with Crippen LogP contribution in [0.2, 0.25) is 0 Å². The van der Waals surface area contributed by atoms with Crippen molar-refractivity contribution in [2.75, 3.05) is 13.1 Å². The summed E-state index contributed by atoms with van der Waals surface area (Å²) in [5, 5.41) is 23.3. The maximum Gasteiger partial charge on any atom is 0.247 e. The highest BCUT2D eigenvalue weighted by atomic mass is 32.1. The van der Waals surface area contributed by atoms with Gasteiger partial charge in [-0.25, -0.2) is 0 Å². The van der Waals surface area contributed by atoms with E-state index in [9.17, 15) is 15.3 Å². The van der Waals surface area contributed by atoms with E-state index in [2.05, 4.69) is 22.4 Å². The van der Waals surface area contributed by atoms with Crippen molar-refractivity contribution in [2.45, 2.75) is 38.6 Å². The molecule has 2 saturated heterocycles. The zero-order valence-corrected chi connectivity index (χ0v) is 16.0. The molecule has 0 unspecified atom stereocenters. The number of nitriles is 2. The first kappa shape index (κ1) is 18.1. The molecular formula is C21H22N4OS. The molecule has 3 fully saturated rings. The van der Waals surface area contributed by atoms with Crippen LogP contribution in [0.3, 0.4) is 0 Å². The SMILES string of the molecule is N#C[C@@]12CN(Cc3ccccc3)C[C@](C#N)(C(=S)NC1=O)C21CCCCC1. The first-order valence-corrected chi connectivity index (χ1v) is 9.89. The molecule has 2 atom stereocenters. The van der Waals surface area contributed by atoms with Crippen LogP contribution >= 0.6 is 12.2 Å². The van der Waals surface area contributed by atoms with Crippen LogP contribution in [-0.4, -0.2) is 28.9 Å². The van der Waals surface area contributed by atoms with Gasteiger partial charge < -0.3 is 5.32 Å². The minimum atomic E-state index is -1.24. The van der Waals surface area contributed by atoms with Gasteiger partial charge in [-0.05, 0) is 18.4 Å².